The molecule has 1 saturated carbocycles. The Hall–Kier alpha value is -2.35. The number of aliphatic carboxylic acids is 1. The zero-order chi connectivity index (χ0) is 12.8. The predicted octanol–water partition coefficient (Wildman–Crippen LogP) is 1.71. The molecule has 3 rings (SSSR count). The standard InChI is InChI=1S/C13H11N3O2/c14-8-9-10-4-1-2-7-16(10)11(15-9)13(12(17)18)5-3-6-13/h1-2,4,7H,3,5-6H2,(H,17,18). The summed E-state index contributed by atoms with van der Waals surface area (Å²) in [4.78, 5) is 15.8. The highest BCUT2D eigenvalue weighted by Crippen LogP contribution is 2.43. The summed E-state index contributed by atoms with van der Waals surface area (Å²) < 4.78 is 1.73. The van der Waals surface area contributed by atoms with Gasteiger partial charge < -0.3 is 9.51 Å². The van der Waals surface area contributed by atoms with Crippen LogP contribution in [0.3, 0.4) is 0 Å². The summed E-state index contributed by atoms with van der Waals surface area (Å²) in [5.74, 6) is -0.373. The second-order valence-electron chi connectivity index (χ2n) is 4.59. The van der Waals surface area contributed by atoms with E-state index in [1.165, 1.54) is 0 Å². The van der Waals surface area contributed by atoms with Gasteiger partial charge >= 0.3 is 5.97 Å². The van der Waals surface area contributed by atoms with Crippen molar-refractivity contribution >= 4 is 11.5 Å². The first-order valence-electron chi connectivity index (χ1n) is 5.80. The molecular weight excluding hydrogens is 230 g/mol. The fourth-order valence-electron chi connectivity index (χ4n) is 2.52. The Morgan fingerprint density at radius 2 is 2.28 bits per heavy atom. The Bertz CT molecular complexity index is 677. The first kappa shape index (κ1) is 10.8. The lowest BCUT2D eigenvalue weighted by Gasteiger charge is -2.36. The van der Waals surface area contributed by atoms with Gasteiger partial charge in [-0.25, -0.2) is 4.98 Å². The fourth-order valence-corrected chi connectivity index (χ4v) is 2.52. The molecule has 0 spiro atoms. The van der Waals surface area contributed by atoms with Gasteiger partial charge in [0, 0.05) is 6.20 Å². The summed E-state index contributed by atoms with van der Waals surface area (Å²) in [6.07, 6.45) is 3.82. The highest BCUT2D eigenvalue weighted by molar-refractivity contribution is 5.82. The molecule has 5 heteroatoms. The summed E-state index contributed by atoms with van der Waals surface area (Å²) in [6.45, 7) is 0. The molecule has 90 valence electrons. The SMILES string of the molecule is N#Cc1nc(C2(C(=O)O)CCC2)n2ccccc12. The van der Waals surface area contributed by atoms with E-state index >= 15 is 0 Å². The fraction of sp³-hybridized carbons (Fsp3) is 0.308. The van der Waals surface area contributed by atoms with E-state index in [4.69, 9.17) is 5.26 Å². The normalized spacial score (nSPS) is 17.1. The topological polar surface area (TPSA) is 78.4 Å². The first-order chi connectivity index (χ1) is 8.69. The van der Waals surface area contributed by atoms with E-state index < -0.39 is 11.4 Å². The van der Waals surface area contributed by atoms with Gasteiger partial charge in [0.15, 0.2) is 5.69 Å². The van der Waals surface area contributed by atoms with Crippen LogP contribution in [-0.4, -0.2) is 20.5 Å². The summed E-state index contributed by atoms with van der Waals surface area (Å²) in [5, 5.41) is 18.5. The van der Waals surface area contributed by atoms with Crippen molar-refractivity contribution in [3.63, 3.8) is 0 Å². The maximum Gasteiger partial charge on any atom is 0.317 e. The van der Waals surface area contributed by atoms with Crippen LogP contribution in [-0.2, 0) is 10.2 Å². The minimum Gasteiger partial charge on any atom is -0.480 e. The van der Waals surface area contributed by atoms with Crippen molar-refractivity contribution in [3.05, 3.63) is 35.9 Å². The zero-order valence-electron chi connectivity index (χ0n) is 9.63. The van der Waals surface area contributed by atoms with Crippen LogP contribution in [0.25, 0.3) is 5.52 Å². The van der Waals surface area contributed by atoms with Gasteiger partial charge in [-0.05, 0) is 25.0 Å². The molecule has 0 aliphatic heterocycles. The van der Waals surface area contributed by atoms with Gasteiger partial charge in [0.1, 0.15) is 17.3 Å². The predicted molar refractivity (Wildman–Crippen MR) is 63.1 cm³/mol. The lowest BCUT2D eigenvalue weighted by atomic mass is 9.68. The average molecular weight is 241 g/mol. The van der Waals surface area contributed by atoms with Crippen molar-refractivity contribution in [1.29, 1.82) is 5.26 Å². The molecule has 5 nitrogen and oxygen atoms in total. The molecule has 2 aromatic heterocycles. The second kappa shape index (κ2) is 3.57. The number of carboxylic acids is 1. The van der Waals surface area contributed by atoms with Crippen molar-refractivity contribution in [2.24, 2.45) is 0 Å². The lowest BCUT2D eigenvalue weighted by molar-refractivity contribution is -0.147. The lowest BCUT2D eigenvalue weighted by Crippen LogP contribution is -2.44. The Morgan fingerprint density at radius 1 is 1.50 bits per heavy atom. The second-order valence-corrected chi connectivity index (χ2v) is 4.59. The van der Waals surface area contributed by atoms with E-state index in [2.05, 4.69) is 4.98 Å². The van der Waals surface area contributed by atoms with Crippen LogP contribution >= 0.6 is 0 Å². The first-order valence-corrected chi connectivity index (χ1v) is 5.80. The molecule has 1 N–H and O–H groups in total. The molecule has 0 bridgehead atoms. The molecule has 2 heterocycles. The smallest absolute Gasteiger partial charge is 0.317 e. The number of pyridine rings is 1. The number of fused-ring (bicyclic) bond motifs is 1. The molecule has 0 saturated heterocycles. The van der Waals surface area contributed by atoms with E-state index in [0.717, 1.165) is 6.42 Å². The third kappa shape index (κ3) is 1.20. The Morgan fingerprint density at radius 3 is 2.83 bits per heavy atom. The van der Waals surface area contributed by atoms with Gasteiger partial charge in [-0.1, -0.05) is 12.5 Å². The Balaban J connectivity index is 2.30. The van der Waals surface area contributed by atoms with Crippen LogP contribution in [0, 0.1) is 11.3 Å². The number of carbonyl (C=O) groups is 1. The minimum absolute atomic E-state index is 0.290. The van der Waals surface area contributed by atoms with E-state index in [0.29, 0.717) is 24.2 Å². The van der Waals surface area contributed by atoms with Crippen LogP contribution in [0.4, 0.5) is 0 Å². The number of hydrogen-bond donors (Lipinski definition) is 1. The third-order valence-corrected chi connectivity index (χ3v) is 3.70. The molecule has 1 aliphatic rings. The van der Waals surface area contributed by atoms with Crippen LogP contribution in [0.1, 0.15) is 30.8 Å². The number of aromatic nitrogens is 2. The zero-order valence-corrected chi connectivity index (χ0v) is 9.63. The Labute approximate surface area is 103 Å². The van der Waals surface area contributed by atoms with Crippen molar-refractivity contribution in [1.82, 2.24) is 9.38 Å². The molecule has 0 atom stereocenters. The van der Waals surface area contributed by atoms with Gasteiger partial charge in [0.2, 0.25) is 0 Å². The number of carboxylic acid groups (broad SMARTS) is 1. The van der Waals surface area contributed by atoms with Crippen molar-refractivity contribution in [2.75, 3.05) is 0 Å². The number of rotatable bonds is 2. The number of imidazole rings is 1. The summed E-state index contributed by atoms with van der Waals surface area (Å²) in [5.41, 5.74) is 0.0416. The van der Waals surface area contributed by atoms with Crippen LogP contribution in [0.2, 0.25) is 0 Å². The van der Waals surface area contributed by atoms with E-state index in [9.17, 15) is 9.90 Å². The van der Waals surface area contributed by atoms with Crippen LogP contribution < -0.4 is 0 Å². The summed E-state index contributed by atoms with van der Waals surface area (Å²) >= 11 is 0. The highest BCUT2D eigenvalue weighted by atomic mass is 16.4. The maximum atomic E-state index is 11.5. The number of hydrogen-bond acceptors (Lipinski definition) is 3. The monoisotopic (exact) mass is 241 g/mol. The molecule has 0 amide bonds. The Kier molecular flexibility index (Phi) is 2.14. The average Bonchev–Trinajstić information content (AvgIpc) is 2.67. The summed E-state index contributed by atoms with van der Waals surface area (Å²) in [6, 6.07) is 7.43. The minimum atomic E-state index is -0.917. The molecule has 0 unspecified atom stereocenters. The third-order valence-electron chi connectivity index (χ3n) is 3.70. The highest BCUT2D eigenvalue weighted by Gasteiger charge is 2.49. The van der Waals surface area contributed by atoms with Crippen LogP contribution in [0.5, 0.6) is 0 Å². The van der Waals surface area contributed by atoms with Gasteiger partial charge in [-0.15, -0.1) is 0 Å². The van der Waals surface area contributed by atoms with Gasteiger partial charge in [-0.3, -0.25) is 4.79 Å². The van der Waals surface area contributed by atoms with Gasteiger partial charge in [0.05, 0.1) is 5.52 Å². The number of nitriles is 1. The van der Waals surface area contributed by atoms with Crippen molar-refractivity contribution in [3.8, 4) is 6.07 Å². The molecule has 1 fully saturated rings. The van der Waals surface area contributed by atoms with Crippen molar-refractivity contribution in [2.45, 2.75) is 24.7 Å². The molecule has 2 aromatic rings. The molecule has 1 aliphatic carbocycles. The van der Waals surface area contributed by atoms with Crippen LogP contribution in [0.15, 0.2) is 24.4 Å². The molecule has 0 radical (unpaired) electrons. The van der Waals surface area contributed by atoms with E-state index in [1.807, 2.05) is 18.2 Å². The van der Waals surface area contributed by atoms with Gasteiger partial charge in [0.25, 0.3) is 0 Å². The molecule has 0 aromatic carbocycles. The van der Waals surface area contributed by atoms with E-state index in [-0.39, 0.29) is 5.69 Å². The molecular formula is C13H11N3O2. The maximum absolute atomic E-state index is 11.5. The molecule has 18 heavy (non-hydrogen) atoms. The van der Waals surface area contributed by atoms with Crippen molar-refractivity contribution < 1.29 is 9.90 Å². The summed E-state index contributed by atoms with van der Waals surface area (Å²) in [7, 11) is 0. The van der Waals surface area contributed by atoms with E-state index in [1.54, 1.807) is 16.7 Å². The largest absolute Gasteiger partial charge is 0.480 e. The number of nitrogens with zero attached hydrogens (tertiary/aromatic N) is 3. The van der Waals surface area contributed by atoms with Gasteiger partial charge in [-0.2, -0.15) is 5.26 Å². The quantitative estimate of drug-likeness (QED) is 0.868.